The molecule has 0 heterocycles. The standard InChI is InChI=1S/C31H41NO5Si/c1-31(2,3)38(8,9)37-26-12-10-11-23(21-26)27(32-24-14-16-25(33-4)17-15-24)18-13-22-19-28(34-5)30(36-7)29(20-22)35-6/h10-12,14-17,19-21H,13,18H2,1-9H3. The first-order valence-electron chi connectivity index (χ1n) is 12.8. The van der Waals surface area contributed by atoms with Gasteiger partial charge in [-0.05, 0) is 90.6 Å². The fraction of sp³-hybridized carbons (Fsp3) is 0.387. The molecule has 204 valence electrons. The van der Waals surface area contributed by atoms with E-state index in [1.54, 1.807) is 28.4 Å². The number of hydrogen-bond donors (Lipinski definition) is 0. The van der Waals surface area contributed by atoms with Gasteiger partial charge in [-0.25, -0.2) is 0 Å². The van der Waals surface area contributed by atoms with Crippen LogP contribution in [0.3, 0.4) is 0 Å². The average Bonchev–Trinajstić information content (AvgIpc) is 2.89. The summed E-state index contributed by atoms with van der Waals surface area (Å²) < 4.78 is 28.5. The van der Waals surface area contributed by atoms with Crippen LogP contribution in [0, 0.1) is 0 Å². The number of hydrogen-bond acceptors (Lipinski definition) is 6. The van der Waals surface area contributed by atoms with Crippen LogP contribution < -0.4 is 23.4 Å². The number of ether oxygens (including phenoxy) is 4. The van der Waals surface area contributed by atoms with Crippen LogP contribution in [-0.4, -0.2) is 42.5 Å². The molecule has 0 saturated heterocycles. The molecule has 0 saturated carbocycles. The highest BCUT2D eigenvalue weighted by Gasteiger charge is 2.39. The Kier molecular flexibility index (Phi) is 9.49. The van der Waals surface area contributed by atoms with E-state index < -0.39 is 8.32 Å². The summed E-state index contributed by atoms with van der Waals surface area (Å²) in [6.45, 7) is 11.3. The first kappa shape index (κ1) is 29.1. The van der Waals surface area contributed by atoms with E-state index in [9.17, 15) is 0 Å². The topological polar surface area (TPSA) is 58.5 Å². The Morgan fingerprint density at radius 2 is 1.39 bits per heavy atom. The fourth-order valence-electron chi connectivity index (χ4n) is 3.81. The molecule has 0 atom stereocenters. The van der Waals surface area contributed by atoms with Crippen LogP contribution in [0.1, 0.15) is 38.3 Å². The molecule has 0 fully saturated rings. The Bertz CT molecular complexity index is 1220. The Balaban J connectivity index is 1.98. The van der Waals surface area contributed by atoms with Gasteiger partial charge in [0.2, 0.25) is 14.1 Å². The van der Waals surface area contributed by atoms with Crippen LogP contribution >= 0.6 is 0 Å². The minimum absolute atomic E-state index is 0.107. The van der Waals surface area contributed by atoms with Gasteiger partial charge in [-0.2, -0.15) is 0 Å². The molecule has 3 aromatic rings. The SMILES string of the molecule is COc1ccc(N=C(CCc2cc(OC)c(OC)c(OC)c2)c2cccc(O[Si](C)(C)C(C)(C)C)c2)cc1. The number of nitrogens with zero attached hydrogens (tertiary/aromatic N) is 1. The molecular formula is C31H41NO5Si. The van der Waals surface area contributed by atoms with Crippen molar-refractivity contribution in [2.45, 2.75) is 51.7 Å². The molecule has 0 bridgehead atoms. The van der Waals surface area contributed by atoms with Crippen LogP contribution in [-0.2, 0) is 6.42 Å². The van der Waals surface area contributed by atoms with Crippen molar-refractivity contribution in [3.63, 3.8) is 0 Å². The van der Waals surface area contributed by atoms with Gasteiger partial charge in [-0.1, -0.05) is 32.9 Å². The molecule has 7 heteroatoms. The van der Waals surface area contributed by atoms with Crippen molar-refractivity contribution in [1.82, 2.24) is 0 Å². The molecule has 0 unspecified atom stereocenters. The Hall–Kier alpha value is -3.45. The van der Waals surface area contributed by atoms with E-state index in [2.05, 4.69) is 46.0 Å². The largest absolute Gasteiger partial charge is 0.543 e. The van der Waals surface area contributed by atoms with E-state index in [0.29, 0.717) is 23.7 Å². The Morgan fingerprint density at radius 1 is 0.763 bits per heavy atom. The third kappa shape index (κ3) is 7.10. The third-order valence-corrected chi connectivity index (χ3v) is 11.4. The summed E-state index contributed by atoms with van der Waals surface area (Å²) >= 11 is 0. The molecule has 0 aliphatic rings. The van der Waals surface area contributed by atoms with Gasteiger partial charge in [0.05, 0.1) is 34.1 Å². The molecule has 0 N–H and O–H groups in total. The summed E-state index contributed by atoms with van der Waals surface area (Å²) in [6.07, 6.45) is 1.44. The molecular weight excluding hydrogens is 494 g/mol. The van der Waals surface area contributed by atoms with Gasteiger partial charge in [-0.15, -0.1) is 0 Å². The van der Waals surface area contributed by atoms with E-state index in [0.717, 1.165) is 40.4 Å². The Labute approximate surface area is 228 Å². The van der Waals surface area contributed by atoms with Crippen LogP contribution in [0.25, 0.3) is 0 Å². The first-order chi connectivity index (χ1) is 18.0. The summed E-state index contributed by atoms with van der Waals surface area (Å²) in [7, 11) is 4.55. The zero-order valence-electron chi connectivity index (χ0n) is 24.2. The number of benzene rings is 3. The smallest absolute Gasteiger partial charge is 0.250 e. The van der Waals surface area contributed by atoms with E-state index >= 15 is 0 Å². The molecule has 0 radical (unpaired) electrons. The maximum Gasteiger partial charge on any atom is 0.250 e. The highest BCUT2D eigenvalue weighted by Crippen LogP contribution is 2.39. The van der Waals surface area contributed by atoms with Crippen molar-refractivity contribution >= 4 is 19.7 Å². The quantitative estimate of drug-likeness (QED) is 0.185. The summed E-state index contributed by atoms with van der Waals surface area (Å²) in [5.41, 5.74) is 3.92. The first-order valence-corrected chi connectivity index (χ1v) is 15.7. The van der Waals surface area contributed by atoms with E-state index in [1.807, 2.05) is 48.5 Å². The van der Waals surface area contributed by atoms with Crippen LogP contribution in [0.4, 0.5) is 5.69 Å². The van der Waals surface area contributed by atoms with Gasteiger partial charge in [0, 0.05) is 5.71 Å². The predicted molar refractivity (Wildman–Crippen MR) is 158 cm³/mol. The summed E-state index contributed by atoms with van der Waals surface area (Å²) in [5.74, 6) is 3.54. The summed E-state index contributed by atoms with van der Waals surface area (Å²) in [4.78, 5) is 5.05. The summed E-state index contributed by atoms with van der Waals surface area (Å²) in [5, 5.41) is 0.107. The van der Waals surface area contributed by atoms with Crippen molar-refractivity contribution in [2.24, 2.45) is 4.99 Å². The highest BCUT2D eigenvalue weighted by atomic mass is 28.4. The van der Waals surface area contributed by atoms with E-state index in [1.165, 1.54) is 0 Å². The zero-order valence-corrected chi connectivity index (χ0v) is 25.2. The van der Waals surface area contributed by atoms with Gasteiger partial charge in [0.1, 0.15) is 11.5 Å². The van der Waals surface area contributed by atoms with Crippen molar-refractivity contribution < 1.29 is 23.4 Å². The maximum atomic E-state index is 6.61. The minimum atomic E-state index is -1.98. The number of aryl methyl sites for hydroxylation is 1. The number of rotatable bonds is 11. The molecule has 3 rings (SSSR count). The second-order valence-electron chi connectivity index (χ2n) is 10.7. The molecule has 6 nitrogen and oxygen atoms in total. The van der Waals surface area contributed by atoms with Crippen molar-refractivity contribution in [2.75, 3.05) is 28.4 Å². The van der Waals surface area contributed by atoms with Gasteiger partial charge in [0.25, 0.3) is 0 Å². The molecule has 3 aromatic carbocycles. The third-order valence-electron chi connectivity index (χ3n) is 7.06. The molecule has 0 aliphatic carbocycles. The van der Waals surface area contributed by atoms with Crippen molar-refractivity contribution in [3.05, 3.63) is 71.8 Å². The van der Waals surface area contributed by atoms with Gasteiger partial charge >= 0.3 is 0 Å². The normalized spacial score (nSPS) is 12.2. The van der Waals surface area contributed by atoms with Gasteiger partial charge in [0.15, 0.2) is 11.5 Å². The highest BCUT2D eigenvalue weighted by molar-refractivity contribution is 6.74. The lowest BCUT2D eigenvalue weighted by molar-refractivity contribution is 0.324. The number of aliphatic imine (C=N–C) groups is 1. The van der Waals surface area contributed by atoms with E-state index in [-0.39, 0.29) is 5.04 Å². The van der Waals surface area contributed by atoms with Crippen LogP contribution in [0.5, 0.6) is 28.7 Å². The molecule has 0 aromatic heterocycles. The molecule has 38 heavy (non-hydrogen) atoms. The van der Waals surface area contributed by atoms with Gasteiger partial charge < -0.3 is 23.4 Å². The lowest BCUT2D eigenvalue weighted by atomic mass is 10.0. The number of methoxy groups -OCH3 is 4. The summed E-state index contributed by atoms with van der Waals surface area (Å²) in [6, 6.07) is 20.0. The maximum absolute atomic E-state index is 6.61. The second-order valence-corrected chi connectivity index (χ2v) is 15.4. The monoisotopic (exact) mass is 535 g/mol. The fourth-order valence-corrected chi connectivity index (χ4v) is 4.83. The average molecular weight is 536 g/mol. The lowest BCUT2D eigenvalue weighted by Gasteiger charge is -2.36. The lowest BCUT2D eigenvalue weighted by Crippen LogP contribution is -2.43. The van der Waals surface area contributed by atoms with Crippen LogP contribution in [0.15, 0.2) is 65.7 Å². The van der Waals surface area contributed by atoms with Crippen molar-refractivity contribution in [1.29, 1.82) is 0 Å². The molecule has 0 amide bonds. The second kappa shape index (κ2) is 12.4. The molecule has 0 aliphatic heterocycles. The predicted octanol–water partition coefficient (Wildman–Crippen LogP) is 7.86. The molecule has 0 spiro atoms. The zero-order chi connectivity index (χ0) is 27.9. The van der Waals surface area contributed by atoms with Crippen molar-refractivity contribution in [3.8, 4) is 28.7 Å². The van der Waals surface area contributed by atoms with Gasteiger partial charge in [-0.3, -0.25) is 4.99 Å². The van der Waals surface area contributed by atoms with E-state index in [4.69, 9.17) is 28.4 Å². The Morgan fingerprint density at radius 3 is 1.92 bits per heavy atom. The van der Waals surface area contributed by atoms with Crippen LogP contribution in [0.2, 0.25) is 18.1 Å². The minimum Gasteiger partial charge on any atom is -0.543 e.